The van der Waals surface area contributed by atoms with Gasteiger partial charge in [-0.1, -0.05) is 27.4 Å². The molecule has 1 aliphatic heterocycles. The van der Waals surface area contributed by atoms with E-state index in [-0.39, 0.29) is 29.1 Å². The summed E-state index contributed by atoms with van der Waals surface area (Å²) in [5.41, 5.74) is 0.0519. The predicted octanol–water partition coefficient (Wildman–Crippen LogP) is 5.68. The van der Waals surface area contributed by atoms with Gasteiger partial charge in [0.15, 0.2) is 16.6 Å². The summed E-state index contributed by atoms with van der Waals surface area (Å²) >= 11 is 0. The second-order valence-corrected chi connectivity index (χ2v) is 20.5. The molecule has 0 spiro atoms. The Labute approximate surface area is 180 Å². The Morgan fingerprint density at radius 2 is 1.66 bits per heavy atom. The summed E-state index contributed by atoms with van der Waals surface area (Å²) in [6, 6.07) is 0. The summed E-state index contributed by atoms with van der Waals surface area (Å²) in [7, 11) is -3.77. The first-order chi connectivity index (χ1) is 12.9. The maximum absolute atomic E-state index is 12.1. The summed E-state index contributed by atoms with van der Waals surface area (Å²) in [4.78, 5) is 12.1. The average Bonchev–Trinajstić information content (AvgIpc) is 3.04. The zero-order valence-corrected chi connectivity index (χ0v) is 22.7. The first-order valence-corrected chi connectivity index (χ1v) is 17.0. The topological polar surface area (TPSA) is 57.3 Å². The zero-order chi connectivity index (χ0) is 22.9. The Morgan fingerprint density at radius 3 is 2.03 bits per heavy atom. The van der Waals surface area contributed by atoms with Crippen molar-refractivity contribution in [1.82, 2.24) is 0 Å². The highest BCUT2D eigenvalue weighted by molar-refractivity contribution is 6.74. The lowest BCUT2D eigenvalue weighted by atomic mass is 9.88. The van der Waals surface area contributed by atoms with Crippen LogP contribution in [-0.4, -0.2) is 53.1 Å². The molecule has 0 radical (unpaired) electrons. The molecule has 170 valence electrons. The molecule has 2 atom stereocenters. The minimum absolute atomic E-state index is 0.0529. The van der Waals surface area contributed by atoms with Crippen LogP contribution in [0.2, 0.25) is 37.8 Å². The molecule has 0 aromatic carbocycles. The van der Waals surface area contributed by atoms with Gasteiger partial charge in [0.25, 0.3) is 0 Å². The van der Waals surface area contributed by atoms with Gasteiger partial charge in [0.1, 0.15) is 5.60 Å². The van der Waals surface area contributed by atoms with Gasteiger partial charge in [-0.05, 0) is 64.1 Å². The van der Waals surface area contributed by atoms with Crippen LogP contribution in [-0.2, 0) is 23.1 Å². The first-order valence-electron chi connectivity index (χ1n) is 10.7. The van der Waals surface area contributed by atoms with E-state index in [1.165, 1.54) is 0 Å². The average molecular weight is 445 g/mol. The molecule has 0 aromatic rings. The number of carbonyl (C=O) groups excluding carboxylic acids is 1. The monoisotopic (exact) mass is 444 g/mol. The van der Waals surface area contributed by atoms with Gasteiger partial charge in [0, 0.05) is 6.42 Å². The van der Waals surface area contributed by atoms with Crippen molar-refractivity contribution in [3.63, 3.8) is 0 Å². The number of hydrogen-bond donors (Lipinski definition) is 0. The minimum atomic E-state index is -2.08. The van der Waals surface area contributed by atoms with Gasteiger partial charge >= 0.3 is 5.97 Å². The van der Waals surface area contributed by atoms with Crippen molar-refractivity contribution in [3.05, 3.63) is 12.2 Å². The van der Waals surface area contributed by atoms with Gasteiger partial charge in [-0.15, -0.1) is 0 Å². The highest BCUT2D eigenvalue weighted by Crippen LogP contribution is 2.53. The Morgan fingerprint density at radius 1 is 1.14 bits per heavy atom. The van der Waals surface area contributed by atoms with Crippen LogP contribution >= 0.6 is 0 Å². The Kier molecular flexibility index (Phi) is 8.19. The van der Waals surface area contributed by atoms with Crippen LogP contribution in [0.25, 0.3) is 0 Å². The molecule has 0 amide bonds. The largest absolute Gasteiger partial charge is 0.466 e. The van der Waals surface area contributed by atoms with Gasteiger partial charge in [0.05, 0.1) is 31.3 Å². The number of rotatable bonds is 11. The van der Waals surface area contributed by atoms with E-state index in [0.717, 1.165) is 5.57 Å². The minimum Gasteiger partial charge on any atom is -0.466 e. The number of carbonyl (C=O) groups is 1. The highest BCUT2D eigenvalue weighted by Gasteiger charge is 2.65. The molecule has 7 heteroatoms. The first kappa shape index (κ1) is 26.6. The molecule has 1 saturated heterocycles. The molecular formula is C22H44O5Si2. The number of esters is 1. The molecule has 0 N–H and O–H groups in total. The summed E-state index contributed by atoms with van der Waals surface area (Å²) < 4.78 is 24.3. The fraction of sp³-hybridized carbons (Fsp3) is 0.864. The van der Waals surface area contributed by atoms with Crippen LogP contribution in [0.5, 0.6) is 0 Å². The van der Waals surface area contributed by atoms with Crippen LogP contribution in [0.1, 0.15) is 54.4 Å². The Balaban J connectivity index is 3.09. The molecule has 0 aliphatic carbocycles. The van der Waals surface area contributed by atoms with Crippen LogP contribution in [0.3, 0.4) is 0 Å². The van der Waals surface area contributed by atoms with Gasteiger partial charge < -0.3 is 18.3 Å². The molecule has 1 rings (SSSR count). The molecular weight excluding hydrogens is 400 g/mol. The van der Waals surface area contributed by atoms with Crippen molar-refractivity contribution in [1.29, 1.82) is 0 Å². The molecule has 0 aromatic heterocycles. The van der Waals surface area contributed by atoms with E-state index >= 15 is 0 Å². The van der Waals surface area contributed by atoms with E-state index in [4.69, 9.17) is 18.3 Å². The number of hydrogen-bond acceptors (Lipinski definition) is 5. The second kappa shape index (κ2) is 8.95. The van der Waals surface area contributed by atoms with Crippen LogP contribution in [0.15, 0.2) is 12.2 Å². The quantitative estimate of drug-likeness (QED) is 0.178. The van der Waals surface area contributed by atoms with Gasteiger partial charge in [0.2, 0.25) is 0 Å². The van der Waals surface area contributed by atoms with Crippen molar-refractivity contribution in [2.24, 2.45) is 0 Å². The second-order valence-electron chi connectivity index (χ2n) is 11.2. The molecule has 5 nitrogen and oxygen atoms in total. The van der Waals surface area contributed by atoms with E-state index in [9.17, 15) is 4.79 Å². The van der Waals surface area contributed by atoms with Crippen molar-refractivity contribution < 1.29 is 23.1 Å². The summed E-state index contributed by atoms with van der Waals surface area (Å²) in [6.45, 7) is 28.8. The van der Waals surface area contributed by atoms with Gasteiger partial charge in [-0.2, -0.15) is 0 Å². The fourth-order valence-corrected chi connectivity index (χ4v) is 4.94. The third kappa shape index (κ3) is 7.31. The third-order valence-electron chi connectivity index (χ3n) is 6.13. The maximum Gasteiger partial charge on any atom is 0.309 e. The fourth-order valence-electron chi connectivity index (χ4n) is 2.96. The highest BCUT2D eigenvalue weighted by atomic mass is 28.4. The lowest BCUT2D eigenvalue weighted by Crippen LogP contribution is -2.47. The van der Waals surface area contributed by atoms with Crippen molar-refractivity contribution in [2.45, 2.75) is 109 Å². The van der Waals surface area contributed by atoms with E-state index in [0.29, 0.717) is 19.6 Å². The van der Waals surface area contributed by atoms with Crippen LogP contribution < -0.4 is 0 Å². The molecule has 1 aliphatic rings. The Bertz CT molecular complexity index is 601. The smallest absolute Gasteiger partial charge is 0.309 e. The normalized spacial score (nSPS) is 22.9. The van der Waals surface area contributed by atoms with Gasteiger partial charge in [-0.3, -0.25) is 4.79 Å². The molecule has 29 heavy (non-hydrogen) atoms. The molecule has 0 unspecified atom stereocenters. The predicted molar refractivity (Wildman–Crippen MR) is 124 cm³/mol. The lowest BCUT2D eigenvalue weighted by molar-refractivity contribution is -0.142. The van der Waals surface area contributed by atoms with E-state index in [2.05, 4.69) is 73.9 Å². The Hall–Kier alpha value is -0.476. The van der Waals surface area contributed by atoms with Crippen LogP contribution in [0.4, 0.5) is 0 Å². The van der Waals surface area contributed by atoms with E-state index in [1.807, 2.05) is 6.92 Å². The molecule has 0 bridgehead atoms. The summed E-state index contributed by atoms with van der Waals surface area (Å²) in [5, 5.41) is 0.0529. The summed E-state index contributed by atoms with van der Waals surface area (Å²) in [6.07, 6.45) is 0.528. The van der Waals surface area contributed by atoms with E-state index < -0.39 is 22.2 Å². The van der Waals surface area contributed by atoms with Gasteiger partial charge in [-0.25, -0.2) is 0 Å². The molecule has 1 heterocycles. The number of epoxide rings is 1. The van der Waals surface area contributed by atoms with E-state index in [1.54, 1.807) is 0 Å². The number of ether oxygens (including phenoxy) is 2. The summed E-state index contributed by atoms with van der Waals surface area (Å²) in [5.74, 6) is -0.260. The standard InChI is InChI=1S/C22H44O5Si2/c1-13-24-19(23)14-17(2)18(26-29(11,12)20(3,4)5)15-22(21(6,7)27-22)16-25-28(8,9)10/h18H,2,13-16H2,1,3-12H3/t18-,22+/m0/s1. The SMILES string of the molecule is C=C(CC(=O)OCC)[C@H](C[C@]1(CO[Si](C)(C)C)OC1(C)C)O[Si](C)(C)C(C)(C)C. The molecule has 0 saturated carbocycles. The molecule has 1 fully saturated rings. The van der Waals surface area contributed by atoms with Crippen LogP contribution in [0, 0.1) is 0 Å². The lowest BCUT2D eigenvalue weighted by Gasteiger charge is -2.40. The zero-order valence-electron chi connectivity index (χ0n) is 20.7. The van der Waals surface area contributed by atoms with Crippen molar-refractivity contribution in [2.75, 3.05) is 13.2 Å². The third-order valence-corrected chi connectivity index (χ3v) is 11.6. The van der Waals surface area contributed by atoms with Crippen molar-refractivity contribution >= 4 is 22.6 Å². The van der Waals surface area contributed by atoms with Crippen molar-refractivity contribution in [3.8, 4) is 0 Å². The maximum atomic E-state index is 12.1.